The van der Waals surface area contributed by atoms with Gasteiger partial charge in [0, 0.05) is 24.2 Å². The fourth-order valence-corrected chi connectivity index (χ4v) is 5.26. The van der Waals surface area contributed by atoms with Gasteiger partial charge in [-0.15, -0.1) is 11.3 Å². The SMILES string of the molecule is NC(=O)c1sccc1S(=O)(=O)NC(=O)c1cccc(C(=O)N2CCCCC2)c1. The maximum atomic E-state index is 12.6. The molecule has 148 valence electrons. The third kappa shape index (κ3) is 4.23. The van der Waals surface area contributed by atoms with Crippen LogP contribution in [0.5, 0.6) is 0 Å². The summed E-state index contributed by atoms with van der Waals surface area (Å²) < 4.78 is 26.8. The molecule has 1 saturated heterocycles. The normalized spacial score (nSPS) is 14.5. The minimum absolute atomic E-state index is 0.0299. The van der Waals surface area contributed by atoms with E-state index in [-0.39, 0.29) is 21.2 Å². The lowest BCUT2D eigenvalue weighted by molar-refractivity contribution is 0.0724. The van der Waals surface area contributed by atoms with Crippen molar-refractivity contribution >= 4 is 39.1 Å². The maximum Gasteiger partial charge on any atom is 0.265 e. The Morgan fingerprint density at radius 3 is 2.39 bits per heavy atom. The lowest BCUT2D eigenvalue weighted by Gasteiger charge is -2.26. The number of carbonyl (C=O) groups excluding carboxylic acids is 3. The van der Waals surface area contributed by atoms with Gasteiger partial charge in [0.05, 0.1) is 0 Å². The third-order valence-corrected chi connectivity index (χ3v) is 6.82. The predicted octanol–water partition coefficient (Wildman–Crippen LogP) is 1.59. The second-order valence-electron chi connectivity index (χ2n) is 6.35. The molecule has 1 fully saturated rings. The molecule has 3 rings (SSSR count). The molecule has 0 spiro atoms. The molecule has 2 aromatic rings. The Morgan fingerprint density at radius 2 is 1.71 bits per heavy atom. The zero-order valence-corrected chi connectivity index (χ0v) is 16.5. The molecule has 3 amide bonds. The molecule has 0 unspecified atom stereocenters. The topological polar surface area (TPSA) is 127 Å². The van der Waals surface area contributed by atoms with Gasteiger partial charge in [0.15, 0.2) is 0 Å². The summed E-state index contributed by atoms with van der Waals surface area (Å²) in [6, 6.07) is 7.10. The number of carbonyl (C=O) groups is 3. The average Bonchev–Trinajstić information content (AvgIpc) is 3.19. The van der Waals surface area contributed by atoms with E-state index in [0.29, 0.717) is 18.7 Å². The van der Waals surface area contributed by atoms with Crippen molar-refractivity contribution in [2.45, 2.75) is 24.2 Å². The number of primary amides is 1. The highest BCUT2D eigenvalue weighted by Gasteiger charge is 2.26. The zero-order valence-electron chi connectivity index (χ0n) is 14.9. The first-order chi connectivity index (χ1) is 13.3. The number of likely N-dealkylation sites (tertiary alicyclic amines) is 1. The monoisotopic (exact) mass is 421 g/mol. The zero-order chi connectivity index (χ0) is 20.3. The van der Waals surface area contributed by atoms with E-state index in [1.807, 2.05) is 4.72 Å². The highest BCUT2D eigenvalue weighted by Crippen LogP contribution is 2.21. The van der Waals surface area contributed by atoms with E-state index in [4.69, 9.17) is 5.73 Å². The third-order valence-electron chi connectivity index (χ3n) is 4.38. The lowest BCUT2D eigenvalue weighted by atomic mass is 10.1. The molecule has 0 aliphatic carbocycles. The number of rotatable bonds is 5. The van der Waals surface area contributed by atoms with Gasteiger partial charge in [0.1, 0.15) is 9.77 Å². The number of amides is 3. The van der Waals surface area contributed by atoms with Gasteiger partial charge in [0.2, 0.25) is 0 Å². The first-order valence-electron chi connectivity index (χ1n) is 8.63. The summed E-state index contributed by atoms with van der Waals surface area (Å²) in [7, 11) is -4.28. The Balaban J connectivity index is 1.80. The van der Waals surface area contributed by atoms with Crippen molar-refractivity contribution in [3.63, 3.8) is 0 Å². The summed E-state index contributed by atoms with van der Waals surface area (Å²) in [4.78, 5) is 37.6. The van der Waals surface area contributed by atoms with Crippen LogP contribution in [-0.2, 0) is 10.0 Å². The van der Waals surface area contributed by atoms with E-state index >= 15 is 0 Å². The Bertz CT molecular complexity index is 1020. The van der Waals surface area contributed by atoms with E-state index in [1.165, 1.54) is 29.6 Å². The quantitative estimate of drug-likeness (QED) is 0.758. The van der Waals surface area contributed by atoms with E-state index in [9.17, 15) is 22.8 Å². The number of nitrogens with one attached hydrogen (secondary N) is 1. The van der Waals surface area contributed by atoms with Gasteiger partial charge in [-0.3, -0.25) is 14.4 Å². The van der Waals surface area contributed by atoms with Gasteiger partial charge in [0.25, 0.3) is 27.7 Å². The molecule has 1 aliphatic rings. The van der Waals surface area contributed by atoms with Crippen LogP contribution in [0.4, 0.5) is 0 Å². The van der Waals surface area contributed by atoms with Crippen LogP contribution < -0.4 is 10.5 Å². The molecular weight excluding hydrogens is 402 g/mol. The standard InChI is InChI=1S/C18H19N3O5S2/c19-16(22)15-14(7-10-27-15)28(25,26)20-17(23)12-5-4-6-13(11-12)18(24)21-8-2-1-3-9-21/h4-7,10-11H,1-3,8-9H2,(H2,19,22)(H,20,23). The van der Waals surface area contributed by atoms with Crippen LogP contribution in [0.15, 0.2) is 40.6 Å². The summed E-state index contributed by atoms with van der Waals surface area (Å²) in [6.45, 7) is 1.33. The van der Waals surface area contributed by atoms with Gasteiger partial charge >= 0.3 is 0 Å². The number of sulfonamides is 1. The van der Waals surface area contributed by atoms with Crippen LogP contribution in [0.25, 0.3) is 0 Å². The number of thiophene rings is 1. The van der Waals surface area contributed by atoms with Gasteiger partial charge in [-0.1, -0.05) is 6.07 Å². The summed E-state index contributed by atoms with van der Waals surface area (Å²) in [5.41, 5.74) is 5.52. The Morgan fingerprint density at radius 1 is 1.04 bits per heavy atom. The van der Waals surface area contributed by atoms with Crippen LogP contribution in [0, 0.1) is 0 Å². The van der Waals surface area contributed by atoms with Crippen molar-refractivity contribution in [3.05, 3.63) is 51.7 Å². The smallest absolute Gasteiger partial charge is 0.265 e. The van der Waals surface area contributed by atoms with Gasteiger partial charge in [-0.05, 0) is 48.9 Å². The first kappa shape index (κ1) is 20.0. The van der Waals surface area contributed by atoms with Crippen molar-refractivity contribution in [1.29, 1.82) is 0 Å². The largest absolute Gasteiger partial charge is 0.365 e. The molecule has 8 nitrogen and oxygen atoms in total. The van der Waals surface area contributed by atoms with Crippen LogP contribution in [0.1, 0.15) is 49.7 Å². The number of nitrogens with two attached hydrogens (primary N) is 1. The van der Waals surface area contributed by atoms with Gasteiger partial charge in [-0.2, -0.15) is 0 Å². The van der Waals surface area contributed by atoms with Crippen LogP contribution in [0.3, 0.4) is 0 Å². The predicted molar refractivity (Wildman–Crippen MR) is 104 cm³/mol. The summed E-state index contributed by atoms with van der Waals surface area (Å²) in [5.74, 6) is -1.97. The van der Waals surface area contributed by atoms with Crippen molar-refractivity contribution in [1.82, 2.24) is 9.62 Å². The molecule has 28 heavy (non-hydrogen) atoms. The second-order valence-corrected chi connectivity index (χ2v) is 8.91. The molecule has 10 heteroatoms. The van der Waals surface area contributed by atoms with Crippen molar-refractivity contribution in [2.24, 2.45) is 5.73 Å². The molecule has 1 aliphatic heterocycles. The number of piperidine rings is 1. The van der Waals surface area contributed by atoms with E-state index in [1.54, 1.807) is 11.0 Å². The Labute approximate surface area is 166 Å². The first-order valence-corrected chi connectivity index (χ1v) is 11.0. The van der Waals surface area contributed by atoms with Gasteiger partial charge < -0.3 is 10.6 Å². The highest BCUT2D eigenvalue weighted by atomic mass is 32.2. The Kier molecular flexibility index (Phi) is 5.80. The molecule has 2 heterocycles. The molecule has 0 radical (unpaired) electrons. The van der Waals surface area contributed by atoms with Crippen LogP contribution in [0.2, 0.25) is 0 Å². The van der Waals surface area contributed by atoms with E-state index in [0.717, 1.165) is 30.6 Å². The van der Waals surface area contributed by atoms with Crippen LogP contribution >= 0.6 is 11.3 Å². The van der Waals surface area contributed by atoms with Crippen molar-refractivity contribution in [2.75, 3.05) is 13.1 Å². The van der Waals surface area contributed by atoms with E-state index in [2.05, 4.69) is 0 Å². The molecule has 1 aromatic carbocycles. The number of hydrogen-bond donors (Lipinski definition) is 2. The minimum atomic E-state index is -4.28. The van der Waals surface area contributed by atoms with Crippen molar-refractivity contribution in [3.8, 4) is 0 Å². The molecule has 3 N–H and O–H groups in total. The summed E-state index contributed by atoms with van der Waals surface area (Å²) in [5, 5.41) is 1.40. The Hall–Kier alpha value is -2.72. The molecule has 0 bridgehead atoms. The van der Waals surface area contributed by atoms with E-state index < -0.39 is 21.8 Å². The van der Waals surface area contributed by atoms with Gasteiger partial charge in [-0.25, -0.2) is 13.1 Å². The number of hydrogen-bond acceptors (Lipinski definition) is 6. The molecule has 0 saturated carbocycles. The summed E-state index contributed by atoms with van der Waals surface area (Å²) >= 11 is 0.874. The minimum Gasteiger partial charge on any atom is -0.365 e. The average molecular weight is 422 g/mol. The van der Waals surface area contributed by atoms with Crippen LogP contribution in [-0.4, -0.2) is 44.1 Å². The fraction of sp³-hybridized carbons (Fsp3) is 0.278. The molecule has 1 aromatic heterocycles. The molecular formula is C18H19N3O5S2. The highest BCUT2D eigenvalue weighted by molar-refractivity contribution is 7.90. The summed E-state index contributed by atoms with van der Waals surface area (Å²) in [6.07, 6.45) is 2.96. The second kappa shape index (κ2) is 8.11. The van der Waals surface area contributed by atoms with Crippen molar-refractivity contribution < 1.29 is 22.8 Å². The number of nitrogens with zero attached hydrogens (tertiary/aromatic N) is 1. The number of benzene rings is 1. The molecule has 0 atom stereocenters. The fourth-order valence-electron chi connectivity index (χ4n) is 3.00. The maximum absolute atomic E-state index is 12.6. The lowest BCUT2D eigenvalue weighted by Crippen LogP contribution is -2.36.